The summed E-state index contributed by atoms with van der Waals surface area (Å²) in [4.78, 5) is 15.1. The van der Waals surface area contributed by atoms with Gasteiger partial charge in [0.25, 0.3) is 0 Å². The minimum absolute atomic E-state index is 0.0897. The third kappa shape index (κ3) is 4.43. The van der Waals surface area contributed by atoms with Crippen LogP contribution in [0.3, 0.4) is 0 Å². The Morgan fingerprint density at radius 3 is 3.00 bits per heavy atom. The molecule has 0 amide bonds. The number of ketones is 1. The molecule has 23 heavy (non-hydrogen) atoms. The molecule has 1 aromatic carbocycles. The van der Waals surface area contributed by atoms with Crippen LogP contribution in [-0.2, 0) is 6.54 Å². The monoisotopic (exact) mass is 331 g/mol. The van der Waals surface area contributed by atoms with Crippen LogP contribution in [0.4, 0.5) is 0 Å². The average molecular weight is 332 g/mol. The number of nitrogens with zero attached hydrogens (tertiary/aromatic N) is 3. The molecule has 1 saturated heterocycles. The average Bonchev–Trinajstić information content (AvgIpc) is 3.08. The highest BCUT2D eigenvalue weighted by Crippen LogP contribution is 2.22. The molecule has 3 rings (SSSR count). The van der Waals surface area contributed by atoms with Crippen molar-refractivity contribution >= 4 is 17.4 Å². The van der Waals surface area contributed by atoms with Gasteiger partial charge < -0.3 is 4.90 Å². The van der Waals surface area contributed by atoms with Gasteiger partial charge in [-0.25, -0.2) is 0 Å². The van der Waals surface area contributed by atoms with Crippen molar-refractivity contribution in [3.05, 3.63) is 53.3 Å². The molecule has 1 aliphatic heterocycles. The van der Waals surface area contributed by atoms with Gasteiger partial charge in [0, 0.05) is 42.0 Å². The second-order valence-corrected chi connectivity index (χ2v) is 6.57. The zero-order chi connectivity index (χ0) is 16.1. The van der Waals surface area contributed by atoms with Gasteiger partial charge in [0.2, 0.25) is 0 Å². The first-order valence-electron chi connectivity index (χ1n) is 8.22. The zero-order valence-corrected chi connectivity index (χ0v) is 14.0. The highest BCUT2D eigenvalue weighted by molar-refractivity contribution is 6.31. The maximum absolute atomic E-state index is 12.7. The summed E-state index contributed by atoms with van der Waals surface area (Å²) in [5.41, 5.74) is 0.737. The van der Waals surface area contributed by atoms with Gasteiger partial charge in [-0.3, -0.25) is 9.48 Å². The summed E-state index contributed by atoms with van der Waals surface area (Å²) < 4.78 is 1.96. The van der Waals surface area contributed by atoms with Gasteiger partial charge in [-0.1, -0.05) is 23.7 Å². The third-order valence-corrected chi connectivity index (χ3v) is 4.64. The molecule has 2 heterocycles. The van der Waals surface area contributed by atoms with Crippen molar-refractivity contribution in [3.63, 3.8) is 0 Å². The standard InChI is InChI=1S/C18H22ClN3O/c19-17-7-1-5-15(13-17)18(23)16-6-2-9-21(14-16)10-4-12-22-11-3-8-20-22/h1,3,5,7-8,11,13,16H,2,4,6,9-10,12,14H2. The van der Waals surface area contributed by atoms with Crippen LogP contribution in [0, 0.1) is 5.92 Å². The van der Waals surface area contributed by atoms with Crippen LogP contribution < -0.4 is 0 Å². The Balaban J connectivity index is 1.52. The van der Waals surface area contributed by atoms with Crippen LogP contribution >= 0.6 is 11.6 Å². The van der Waals surface area contributed by atoms with E-state index in [1.165, 1.54) is 0 Å². The van der Waals surface area contributed by atoms with Gasteiger partial charge in [-0.05, 0) is 50.6 Å². The molecule has 1 aromatic heterocycles. The van der Waals surface area contributed by atoms with E-state index in [4.69, 9.17) is 11.6 Å². The van der Waals surface area contributed by atoms with Crippen molar-refractivity contribution in [2.75, 3.05) is 19.6 Å². The predicted molar refractivity (Wildman–Crippen MR) is 91.8 cm³/mol. The van der Waals surface area contributed by atoms with Crippen LogP contribution in [0.5, 0.6) is 0 Å². The Morgan fingerprint density at radius 1 is 1.30 bits per heavy atom. The molecule has 0 spiro atoms. The maximum atomic E-state index is 12.7. The largest absolute Gasteiger partial charge is 0.303 e. The highest BCUT2D eigenvalue weighted by Gasteiger charge is 2.26. The number of hydrogen-bond acceptors (Lipinski definition) is 3. The van der Waals surface area contributed by atoms with E-state index in [2.05, 4.69) is 10.00 Å². The van der Waals surface area contributed by atoms with Crippen molar-refractivity contribution < 1.29 is 4.79 Å². The Hall–Kier alpha value is -1.65. The molecule has 0 bridgehead atoms. The summed E-state index contributed by atoms with van der Waals surface area (Å²) in [6, 6.07) is 9.24. The first-order chi connectivity index (χ1) is 11.2. The van der Waals surface area contributed by atoms with Gasteiger partial charge >= 0.3 is 0 Å². The lowest BCUT2D eigenvalue weighted by molar-refractivity contribution is 0.0817. The fourth-order valence-corrected chi connectivity index (χ4v) is 3.43. The molecule has 2 aromatic rings. The normalized spacial score (nSPS) is 18.9. The van der Waals surface area contributed by atoms with Crippen molar-refractivity contribution in [3.8, 4) is 0 Å². The van der Waals surface area contributed by atoms with Gasteiger partial charge in [0.05, 0.1) is 0 Å². The molecule has 122 valence electrons. The number of Topliss-reactive ketones (excluding diaryl/α,β-unsaturated/α-hetero) is 1. The number of aryl methyl sites for hydroxylation is 1. The molecule has 1 aliphatic rings. The van der Waals surface area contributed by atoms with E-state index in [-0.39, 0.29) is 11.7 Å². The number of rotatable bonds is 6. The Morgan fingerprint density at radius 2 is 2.22 bits per heavy atom. The van der Waals surface area contributed by atoms with E-state index in [9.17, 15) is 4.79 Å². The van der Waals surface area contributed by atoms with Crippen molar-refractivity contribution in [1.82, 2.24) is 14.7 Å². The van der Waals surface area contributed by atoms with E-state index in [0.717, 1.165) is 51.0 Å². The van der Waals surface area contributed by atoms with E-state index in [1.54, 1.807) is 18.3 Å². The summed E-state index contributed by atoms with van der Waals surface area (Å²) in [6.07, 6.45) is 6.90. The first-order valence-corrected chi connectivity index (χ1v) is 8.60. The van der Waals surface area contributed by atoms with Crippen LogP contribution in [0.2, 0.25) is 5.02 Å². The topological polar surface area (TPSA) is 38.1 Å². The minimum atomic E-state index is 0.0897. The molecule has 5 heteroatoms. The molecule has 1 atom stereocenters. The molecule has 0 aliphatic carbocycles. The number of carbonyl (C=O) groups is 1. The van der Waals surface area contributed by atoms with Crippen LogP contribution in [0.15, 0.2) is 42.7 Å². The lowest BCUT2D eigenvalue weighted by Crippen LogP contribution is -2.39. The van der Waals surface area contributed by atoms with Gasteiger partial charge in [-0.2, -0.15) is 5.10 Å². The summed E-state index contributed by atoms with van der Waals surface area (Å²) >= 11 is 6.00. The van der Waals surface area contributed by atoms with Crippen molar-refractivity contribution in [2.45, 2.75) is 25.8 Å². The van der Waals surface area contributed by atoms with Gasteiger partial charge in [-0.15, -0.1) is 0 Å². The van der Waals surface area contributed by atoms with E-state index < -0.39 is 0 Å². The summed E-state index contributed by atoms with van der Waals surface area (Å²) in [7, 11) is 0. The number of likely N-dealkylation sites (tertiary alicyclic amines) is 1. The molecular formula is C18H22ClN3O. The van der Waals surface area contributed by atoms with Crippen LogP contribution in [0.1, 0.15) is 29.6 Å². The molecule has 1 unspecified atom stereocenters. The minimum Gasteiger partial charge on any atom is -0.303 e. The van der Waals surface area contributed by atoms with Crippen LogP contribution in [-0.4, -0.2) is 40.1 Å². The quantitative estimate of drug-likeness (QED) is 0.760. The molecule has 0 N–H and O–H groups in total. The highest BCUT2D eigenvalue weighted by atomic mass is 35.5. The van der Waals surface area contributed by atoms with E-state index in [0.29, 0.717) is 5.02 Å². The number of piperidine rings is 1. The summed E-state index contributed by atoms with van der Waals surface area (Å²) in [6.45, 7) is 3.87. The second-order valence-electron chi connectivity index (χ2n) is 6.14. The fraction of sp³-hybridized carbons (Fsp3) is 0.444. The van der Waals surface area contributed by atoms with E-state index in [1.807, 2.05) is 29.1 Å². The Kier molecular flexibility index (Phi) is 5.47. The zero-order valence-electron chi connectivity index (χ0n) is 13.2. The molecule has 4 nitrogen and oxygen atoms in total. The fourth-order valence-electron chi connectivity index (χ4n) is 3.24. The number of aromatic nitrogens is 2. The molecule has 0 radical (unpaired) electrons. The van der Waals surface area contributed by atoms with Gasteiger partial charge in [0.15, 0.2) is 5.78 Å². The molecule has 0 saturated carbocycles. The SMILES string of the molecule is O=C(c1cccc(Cl)c1)C1CCCN(CCCn2cccn2)C1. The van der Waals surface area contributed by atoms with Crippen LogP contribution in [0.25, 0.3) is 0 Å². The molecular weight excluding hydrogens is 310 g/mol. The Bertz CT molecular complexity index is 641. The number of hydrogen-bond donors (Lipinski definition) is 0. The number of halogens is 1. The number of benzene rings is 1. The van der Waals surface area contributed by atoms with Crippen molar-refractivity contribution in [2.24, 2.45) is 5.92 Å². The Labute approximate surface area is 142 Å². The number of carbonyl (C=O) groups excluding carboxylic acids is 1. The second kappa shape index (κ2) is 7.75. The van der Waals surface area contributed by atoms with Gasteiger partial charge in [0.1, 0.15) is 0 Å². The predicted octanol–water partition coefficient (Wildman–Crippen LogP) is 3.52. The third-order valence-electron chi connectivity index (χ3n) is 4.41. The lowest BCUT2D eigenvalue weighted by atomic mass is 9.90. The van der Waals surface area contributed by atoms with E-state index >= 15 is 0 Å². The molecule has 1 fully saturated rings. The lowest BCUT2D eigenvalue weighted by Gasteiger charge is -2.32. The maximum Gasteiger partial charge on any atom is 0.167 e. The first kappa shape index (κ1) is 16.2. The summed E-state index contributed by atoms with van der Waals surface area (Å²) in [5, 5.41) is 4.85. The smallest absolute Gasteiger partial charge is 0.167 e. The van der Waals surface area contributed by atoms with Crippen molar-refractivity contribution in [1.29, 1.82) is 0 Å². The summed E-state index contributed by atoms with van der Waals surface area (Å²) in [5.74, 6) is 0.316.